The molecule has 1 atom stereocenters. The molecule has 1 aliphatic carbocycles. The molecular weight excluding hydrogens is 376 g/mol. The van der Waals surface area contributed by atoms with Crippen molar-refractivity contribution in [1.29, 1.82) is 0 Å². The number of carbonyl (C=O) groups excluding carboxylic acids is 1. The number of amides is 1. The Balaban J connectivity index is 1.62. The molecule has 1 amide bonds. The van der Waals surface area contributed by atoms with Gasteiger partial charge >= 0.3 is 0 Å². The third-order valence-electron chi connectivity index (χ3n) is 5.98. The fourth-order valence-corrected chi connectivity index (χ4v) is 5.61. The van der Waals surface area contributed by atoms with E-state index in [4.69, 9.17) is 0 Å². The minimum absolute atomic E-state index is 0.0122. The second kappa shape index (κ2) is 9.39. The molecule has 0 radical (unpaired) electrons. The van der Waals surface area contributed by atoms with Gasteiger partial charge in [-0.15, -0.1) is 0 Å². The third kappa shape index (κ3) is 5.14. The van der Waals surface area contributed by atoms with Crippen molar-refractivity contribution >= 4 is 15.9 Å². The van der Waals surface area contributed by atoms with Gasteiger partial charge in [0.25, 0.3) is 10.0 Å². The van der Waals surface area contributed by atoms with E-state index < -0.39 is 10.0 Å². The Bertz CT molecular complexity index is 751. The van der Waals surface area contributed by atoms with Crippen molar-refractivity contribution in [2.75, 3.05) is 13.1 Å². The molecule has 1 aromatic heterocycles. The van der Waals surface area contributed by atoms with E-state index in [1.54, 1.807) is 17.1 Å². The van der Waals surface area contributed by atoms with Crippen molar-refractivity contribution in [1.82, 2.24) is 19.2 Å². The molecule has 0 spiro atoms. The van der Waals surface area contributed by atoms with Gasteiger partial charge in [0.15, 0.2) is 5.03 Å². The minimum Gasteiger partial charge on any atom is -0.353 e. The molecule has 2 fully saturated rings. The van der Waals surface area contributed by atoms with E-state index in [0.29, 0.717) is 13.0 Å². The molecule has 158 valence electrons. The van der Waals surface area contributed by atoms with E-state index in [1.807, 2.05) is 13.8 Å². The molecule has 0 aromatic carbocycles. The van der Waals surface area contributed by atoms with Gasteiger partial charge in [-0.3, -0.25) is 4.79 Å². The Labute approximate surface area is 168 Å². The van der Waals surface area contributed by atoms with Gasteiger partial charge in [0.05, 0.1) is 12.2 Å². The maximum atomic E-state index is 13.0. The fraction of sp³-hybridized carbons (Fsp3) is 0.800. The molecule has 8 heteroatoms. The van der Waals surface area contributed by atoms with Crippen LogP contribution in [0.2, 0.25) is 0 Å². The van der Waals surface area contributed by atoms with Crippen LogP contribution >= 0.6 is 0 Å². The highest BCUT2D eigenvalue weighted by Crippen LogP contribution is 2.24. The number of imidazole rings is 1. The topological polar surface area (TPSA) is 84.3 Å². The van der Waals surface area contributed by atoms with Gasteiger partial charge in [-0.05, 0) is 39.5 Å². The van der Waals surface area contributed by atoms with Crippen LogP contribution in [0.15, 0.2) is 17.6 Å². The van der Waals surface area contributed by atoms with Crippen LogP contribution in [-0.4, -0.2) is 47.3 Å². The Kier molecular flexibility index (Phi) is 7.15. The molecule has 1 N–H and O–H groups in total. The first-order valence-corrected chi connectivity index (χ1v) is 12.2. The van der Waals surface area contributed by atoms with E-state index in [-0.39, 0.29) is 35.5 Å². The van der Waals surface area contributed by atoms with Crippen LogP contribution in [0, 0.1) is 5.92 Å². The predicted octanol–water partition coefficient (Wildman–Crippen LogP) is 3.09. The summed E-state index contributed by atoms with van der Waals surface area (Å²) in [5.74, 6) is -0.265. The summed E-state index contributed by atoms with van der Waals surface area (Å²) in [6.45, 7) is 4.66. The molecule has 1 saturated carbocycles. The SMILES string of the molecule is CC(C)n1cnc(S(=O)(=O)N2CCC[C@H](C(=O)NC3CCCCCCC3)C2)c1. The Morgan fingerprint density at radius 2 is 1.79 bits per heavy atom. The number of nitrogens with one attached hydrogen (secondary N) is 1. The van der Waals surface area contributed by atoms with Crippen molar-refractivity contribution in [2.24, 2.45) is 5.92 Å². The van der Waals surface area contributed by atoms with Crippen LogP contribution in [0.4, 0.5) is 0 Å². The van der Waals surface area contributed by atoms with Gasteiger partial charge in [0, 0.05) is 31.4 Å². The van der Waals surface area contributed by atoms with Crippen LogP contribution in [0.1, 0.15) is 77.7 Å². The average molecular weight is 411 g/mol. The van der Waals surface area contributed by atoms with Gasteiger partial charge in [-0.1, -0.05) is 32.1 Å². The number of nitrogens with zero attached hydrogens (tertiary/aromatic N) is 3. The van der Waals surface area contributed by atoms with Gasteiger partial charge < -0.3 is 9.88 Å². The Morgan fingerprint density at radius 3 is 2.43 bits per heavy atom. The molecule has 1 saturated heterocycles. The molecule has 3 rings (SSSR count). The highest BCUT2D eigenvalue weighted by Gasteiger charge is 2.35. The summed E-state index contributed by atoms with van der Waals surface area (Å²) < 4.78 is 29.2. The van der Waals surface area contributed by atoms with Crippen molar-refractivity contribution in [3.05, 3.63) is 12.5 Å². The molecule has 0 unspecified atom stereocenters. The maximum Gasteiger partial charge on any atom is 0.262 e. The van der Waals surface area contributed by atoms with E-state index in [2.05, 4.69) is 10.3 Å². The number of hydrogen-bond acceptors (Lipinski definition) is 4. The van der Waals surface area contributed by atoms with E-state index in [0.717, 1.165) is 32.1 Å². The zero-order valence-electron chi connectivity index (χ0n) is 17.1. The number of rotatable bonds is 5. The Morgan fingerprint density at radius 1 is 1.11 bits per heavy atom. The lowest BCUT2D eigenvalue weighted by atomic mass is 9.94. The van der Waals surface area contributed by atoms with Crippen LogP contribution in [0.25, 0.3) is 0 Å². The minimum atomic E-state index is -3.66. The van der Waals surface area contributed by atoms with Crippen molar-refractivity contribution in [2.45, 2.75) is 88.7 Å². The number of sulfonamides is 1. The normalized spacial score (nSPS) is 23.3. The summed E-state index contributed by atoms with van der Waals surface area (Å²) in [5.41, 5.74) is 0. The lowest BCUT2D eigenvalue weighted by Crippen LogP contribution is -2.47. The van der Waals surface area contributed by atoms with Crippen LogP contribution in [0.3, 0.4) is 0 Å². The lowest BCUT2D eigenvalue weighted by molar-refractivity contribution is -0.126. The summed E-state index contributed by atoms with van der Waals surface area (Å²) in [7, 11) is -3.66. The monoisotopic (exact) mass is 410 g/mol. The summed E-state index contributed by atoms with van der Waals surface area (Å²) in [4.78, 5) is 16.9. The number of carbonyl (C=O) groups is 1. The van der Waals surface area contributed by atoms with Crippen LogP contribution in [0.5, 0.6) is 0 Å². The first kappa shape index (κ1) is 21.3. The number of hydrogen-bond donors (Lipinski definition) is 1. The van der Waals surface area contributed by atoms with Gasteiger partial charge in [0.1, 0.15) is 0 Å². The Hall–Kier alpha value is -1.41. The fourth-order valence-electron chi connectivity index (χ4n) is 4.16. The maximum absolute atomic E-state index is 13.0. The molecule has 7 nitrogen and oxygen atoms in total. The van der Waals surface area contributed by atoms with Crippen molar-refractivity contribution in [3.63, 3.8) is 0 Å². The molecule has 2 heterocycles. The van der Waals surface area contributed by atoms with Gasteiger partial charge in [0.2, 0.25) is 5.91 Å². The average Bonchev–Trinajstić information content (AvgIpc) is 3.15. The van der Waals surface area contributed by atoms with Crippen LogP contribution in [-0.2, 0) is 14.8 Å². The van der Waals surface area contributed by atoms with Gasteiger partial charge in [-0.2, -0.15) is 4.31 Å². The van der Waals surface area contributed by atoms with Crippen molar-refractivity contribution < 1.29 is 13.2 Å². The standard InChI is InChI=1S/C20H34N4O3S/c1-16(2)23-14-19(21-15-23)28(26,27)24-12-8-9-17(13-24)20(25)22-18-10-6-4-3-5-7-11-18/h14-18H,3-13H2,1-2H3,(H,22,25)/t17-/m0/s1. The smallest absolute Gasteiger partial charge is 0.262 e. The third-order valence-corrected chi connectivity index (χ3v) is 7.74. The number of aromatic nitrogens is 2. The summed E-state index contributed by atoms with van der Waals surface area (Å²) in [6, 6.07) is 0.390. The summed E-state index contributed by atoms with van der Waals surface area (Å²) in [6.07, 6.45) is 12.7. The summed E-state index contributed by atoms with van der Waals surface area (Å²) >= 11 is 0. The molecule has 28 heavy (non-hydrogen) atoms. The molecule has 1 aromatic rings. The van der Waals surface area contributed by atoms with E-state index in [9.17, 15) is 13.2 Å². The molecular formula is C20H34N4O3S. The first-order valence-electron chi connectivity index (χ1n) is 10.7. The second-order valence-corrected chi connectivity index (χ2v) is 10.4. The van der Waals surface area contributed by atoms with Gasteiger partial charge in [-0.25, -0.2) is 13.4 Å². The molecule has 2 aliphatic rings. The first-order chi connectivity index (χ1) is 13.4. The molecule has 0 bridgehead atoms. The van der Waals surface area contributed by atoms with Crippen LogP contribution < -0.4 is 5.32 Å². The second-order valence-electron chi connectivity index (χ2n) is 8.51. The number of piperidine rings is 1. The molecule has 1 aliphatic heterocycles. The lowest BCUT2D eigenvalue weighted by Gasteiger charge is -2.32. The zero-order chi connectivity index (χ0) is 20.1. The summed E-state index contributed by atoms with van der Waals surface area (Å²) in [5, 5.41) is 3.28. The van der Waals surface area contributed by atoms with E-state index in [1.165, 1.54) is 23.6 Å². The predicted molar refractivity (Wildman–Crippen MR) is 108 cm³/mol. The largest absolute Gasteiger partial charge is 0.353 e. The highest BCUT2D eigenvalue weighted by molar-refractivity contribution is 7.89. The van der Waals surface area contributed by atoms with E-state index >= 15 is 0 Å². The zero-order valence-corrected chi connectivity index (χ0v) is 18.0. The van der Waals surface area contributed by atoms with Crippen molar-refractivity contribution in [3.8, 4) is 0 Å². The quantitative estimate of drug-likeness (QED) is 0.808. The highest BCUT2D eigenvalue weighted by atomic mass is 32.2.